The average molecular weight is 338 g/mol. The highest BCUT2D eigenvalue weighted by Crippen LogP contribution is 2.28. The lowest BCUT2D eigenvalue weighted by atomic mass is 10.3. The van der Waals surface area contributed by atoms with E-state index in [1.165, 1.54) is 4.90 Å². The molecule has 0 aliphatic carbocycles. The lowest BCUT2D eigenvalue weighted by Crippen LogP contribution is -1.91. The second kappa shape index (κ2) is 6.06. The smallest absolute Gasteiger partial charge is 0.187 e. The Labute approximate surface area is 142 Å². The van der Waals surface area contributed by atoms with Crippen LogP contribution in [0.2, 0.25) is 0 Å². The van der Waals surface area contributed by atoms with Crippen molar-refractivity contribution in [2.24, 2.45) is 0 Å². The molecule has 1 N–H and O–H groups in total. The number of hydrogen-bond acceptors (Lipinski definition) is 5. The molecule has 114 valence electrons. The predicted octanol–water partition coefficient (Wildman–Crippen LogP) is 4.92. The molecule has 4 nitrogen and oxygen atoms in total. The number of anilines is 2. The van der Waals surface area contributed by atoms with Crippen LogP contribution in [0.25, 0.3) is 17.0 Å². The van der Waals surface area contributed by atoms with Crippen LogP contribution >= 0.6 is 23.1 Å². The first kappa shape index (κ1) is 14.3. The summed E-state index contributed by atoms with van der Waals surface area (Å²) >= 11 is 3.32. The van der Waals surface area contributed by atoms with E-state index in [2.05, 4.69) is 40.1 Å². The van der Waals surface area contributed by atoms with Gasteiger partial charge in [0.2, 0.25) is 0 Å². The highest BCUT2D eigenvalue weighted by Gasteiger charge is 2.10. The summed E-state index contributed by atoms with van der Waals surface area (Å²) in [7, 11) is 0. The molecule has 0 spiro atoms. The van der Waals surface area contributed by atoms with Crippen LogP contribution < -0.4 is 5.32 Å². The van der Waals surface area contributed by atoms with Gasteiger partial charge in [0.05, 0.1) is 11.9 Å². The van der Waals surface area contributed by atoms with Crippen molar-refractivity contribution < 1.29 is 0 Å². The van der Waals surface area contributed by atoms with Gasteiger partial charge in [-0.1, -0.05) is 12.1 Å². The number of thiazole rings is 1. The highest BCUT2D eigenvalue weighted by molar-refractivity contribution is 7.98. The van der Waals surface area contributed by atoms with Crippen molar-refractivity contribution in [1.82, 2.24) is 14.4 Å². The molecule has 4 aromatic rings. The topological polar surface area (TPSA) is 42.2 Å². The minimum absolute atomic E-state index is 0.879. The van der Waals surface area contributed by atoms with Gasteiger partial charge >= 0.3 is 0 Å². The zero-order valence-electron chi connectivity index (χ0n) is 12.4. The Morgan fingerprint density at radius 2 is 2.13 bits per heavy atom. The van der Waals surface area contributed by atoms with Gasteiger partial charge in [-0.3, -0.25) is 4.40 Å². The summed E-state index contributed by atoms with van der Waals surface area (Å²) in [6.07, 6.45) is 5.94. The number of hydrogen-bond donors (Lipinski definition) is 1. The highest BCUT2D eigenvalue weighted by atomic mass is 32.2. The monoisotopic (exact) mass is 338 g/mol. The van der Waals surface area contributed by atoms with Gasteiger partial charge in [-0.05, 0) is 36.6 Å². The lowest BCUT2D eigenvalue weighted by Gasteiger charge is -2.04. The van der Waals surface area contributed by atoms with Crippen molar-refractivity contribution in [2.75, 3.05) is 11.6 Å². The summed E-state index contributed by atoms with van der Waals surface area (Å²) in [4.78, 5) is 10.3. The third kappa shape index (κ3) is 2.83. The Bertz CT molecular complexity index is 958. The molecule has 6 heteroatoms. The van der Waals surface area contributed by atoms with Gasteiger partial charge in [-0.25, -0.2) is 9.97 Å². The van der Waals surface area contributed by atoms with Gasteiger partial charge in [-0.15, -0.1) is 23.1 Å². The summed E-state index contributed by atoms with van der Waals surface area (Å²) in [6.45, 7) is 0. The molecule has 0 unspecified atom stereocenters. The van der Waals surface area contributed by atoms with E-state index < -0.39 is 0 Å². The Morgan fingerprint density at radius 3 is 3.04 bits per heavy atom. The minimum atomic E-state index is 0.879. The summed E-state index contributed by atoms with van der Waals surface area (Å²) in [5.41, 5.74) is 3.91. The Morgan fingerprint density at radius 1 is 1.17 bits per heavy atom. The zero-order valence-corrected chi connectivity index (χ0v) is 14.1. The number of nitrogens with zero attached hydrogens (tertiary/aromatic N) is 3. The zero-order chi connectivity index (χ0) is 15.6. The maximum absolute atomic E-state index is 4.69. The lowest BCUT2D eigenvalue weighted by molar-refractivity contribution is 1.18. The average Bonchev–Trinajstić information content (AvgIpc) is 3.21. The van der Waals surface area contributed by atoms with Gasteiger partial charge in [0.15, 0.2) is 5.13 Å². The quantitative estimate of drug-likeness (QED) is 0.536. The van der Waals surface area contributed by atoms with Crippen LogP contribution in [-0.2, 0) is 0 Å². The molecule has 0 fully saturated rings. The van der Waals surface area contributed by atoms with Gasteiger partial charge < -0.3 is 5.32 Å². The molecule has 0 saturated carbocycles. The summed E-state index contributed by atoms with van der Waals surface area (Å²) in [6, 6.07) is 14.3. The van der Waals surface area contributed by atoms with Crippen molar-refractivity contribution in [1.29, 1.82) is 0 Å². The van der Waals surface area contributed by atoms with Gasteiger partial charge in [0.1, 0.15) is 11.3 Å². The SMILES string of the molecule is CSc1cccc(Nc2nc(-c3cnc4ccccn34)cs2)c1. The van der Waals surface area contributed by atoms with Crippen LogP contribution in [0.15, 0.2) is 65.1 Å². The van der Waals surface area contributed by atoms with Crippen molar-refractivity contribution in [2.45, 2.75) is 4.90 Å². The third-order valence-electron chi connectivity index (χ3n) is 3.50. The van der Waals surface area contributed by atoms with E-state index in [0.29, 0.717) is 0 Å². The van der Waals surface area contributed by atoms with E-state index >= 15 is 0 Å². The van der Waals surface area contributed by atoms with E-state index in [1.54, 1.807) is 23.1 Å². The maximum atomic E-state index is 4.69. The molecule has 23 heavy (non-hydrogen) atoms. The fourth-order valence-corrected chi connectivity index (χ4v) is 3.58. The van der Waals surface area contributed by atoms with Crippen molar-refractivity contribution in [3.8, 4) is 11.4 Å². The van der Waals surface area contributed by atoms with Crippen LogP contribution in [-0.4, -0.2) is 20.6 Å². The van der Waals surface area contributed by atoms with Gasteiger partial charge in [0, 0.05) is 22.2 Å². The number of fused-ring (bicyclic) bond motifs is 1. The largest absolute Gasteiger partial charge is 0.332 e. The van der Waals surface area contributed by atoms with Crippen LogP contribution in [0, 0.1) is 0 Å². The molecule has 0 saturated heterocycles. The normalized spacial score (nSPS) is 11.0. The molecule has 1 aromatic carbocycles. The Balaban J connectivity index is 1.64. The number of aromatic nitrogens is 3. The van der Waals surface area contributed by atoms with E-state index in [9.17, 15) is 0 Å². The Kier molecular flexibility index (Phi) is 3.77. The number of benzene rings is 1. The molecular weight excluding hydrogens is 324 g/mol. The van der Waals surface area contributed by atoms with E-state index in [4.69, 9.17) is 4.98 Å². The number of imidazole rings is 1. The van der Waals surface area contributed by atoms with Crippen molar-refractivity contribution >= 4 is 39.6 Å². The van der Waals surface area contributed by atoms with Crippen LogP contribution in [0.5, 0.6) is 0 Å². The van der Waals surface area contributed by atoms with E-state index in [1.807, 2.05) is 41.1 Å². The standard InChI is InChI=1S/C17H14N4S2/c1-22-13-6-4-5-12(9-13)19-17-20-14(11-23-17)15-10-18-16-7-2-3-8-21(15)16/h2-11H,1H3,(H,19,20). The summed E-state index contributed by atoms with van der Waals surface area (Å²) in [5.74, 6) is 0. The van der Waals surface area contributed by atoms with Crippen LogP contribution in [0.4, 0.5) is 10.8 Å². The second-order valence-electron chi connectivity index (χ2n) is 4.97. The molecular formula is C17H14N4S2. The molecule has 0 aliphatic rings. The Hall–Kier alpha value is -2.31. The van der Waals surface area contributed by atoms with Gasteiger partial charge in [-0.2, -0.15) is 0 Å². The molecule has 3 heterocycles. The second-order valence-corrected chi connectivity index (χ2v) is 6.70. The first-order valence-corrected chi connectivity index (χ1v) is 9.23. The van der Waals surface area contributed by atoms with Crippen LogP contribution in [0.3, 0.4) is 0 Å². The first-order valence-electron chi connectivity index (χ1n) is 7.12. The molecule has 4 rings (SSSR count). The fourth-order valence-electron chi connectivity index (χ4n) is 2.40. The summed E-state index contributed by atoms with van der Waals surface area (Å²) < 4.78 is 2.05. The predicted molar refractivity (Wildman–Crippen MR) is 97.8 cm³/mol. The number of nitrogens with one attached hydrogen (secondary N) is 1. The molecule has 0 aliphatic heterocycles. The minimum Gasteiger partial charge on any atom is -0.332 e. The van der Waals surface area contributed by atoms with E-state index in [0.717, 1.165) is 27.9 Å². The number of thioether (sulfide) groups is 1. The molecule has 0 bridgehead atoms. The molecule has 3 aromatic heterocycles. The molecule has 0 amide bonds. The van der Waals surface area contributed by atoms with Crippen LogP contribution in [0.1, 0.15) is 0 Å². The number of pyridine rings is 1. The third-order valence-corrected chi connectivity index (χ3v) is 4.99. The maximum Gasteiger partial charge on any atom is 0.187 e. The fraction of sp³-hybridized carbons (Fsp3) is 0.0588. The van der Waals surface area contributed by atoms with Crippen molar-refractivity contribution in [3.05, 3.63) is 60.2 Å². The molecule has 0 radical (unpaired) electrons. The first-order chi connectivity index (χ1) is 11.3. The van der Waals surface area contributed by atoms with Crippen molar-refractivity contribution in [3.63, 3.8) is 0 Å². The van der Waals surface area contributed by atoms with Gasteiger partial charge in [0.25, 0.3) is 0 Å². The number of rotatable bonds is 4. The summed E-state index contributed by atoms with van der Waals surface area (Å²) in [5, 5.41) is 6.31. The molecule has 0 atom stereocenters. The van der Waals surface area contributed by atoms with E-state index in [-0.39, 0.29) is 0 Å².